The molecule has 2 aromatic rings. The van der Waals surface area contributed by atoms with E-state index in [-0.39, 0.29) is 6.42 Å². The van der Waals surface area contributed by atoms with Gasteiger partial charge in [-0.15, -0.1) is 0 Å². The molecule has 0 aromatic heterocycles. The Bertz CT molecular complexity index is 759. The molecular weight excluding hydrogens is 376 g/mol. The molecule has 0 fully saturated rings. The summed E-state index contributed by atoms with van der Waals surface area (Å²) in [5.41, 5.74) is 1.46. The van der Waals surface area contributed by atoms with E-state index in [9.17, 15) is 14.4 Å². The summed E-state index contributed by atoms with van der Waals surface area (Å²) in [6.07, 6.45) is -0.319. The zero-order valence-electron chi connectivity index (χ0n) is 12.8. The summed E-state index contributed by atoms with van der Waals surface area (Å²) in [5, 5.41) is 5.24. The van der Waals surface area contributed by atoms with Crippen LogP contribution in [0.3, 0.4) is 0 Å². The minimum absolute atomic E-state index is 0.319. The van der Waals surface area contributed by atoms with Crippen molar-refractivity contribution in [2.75, 3.05) is 17.7 Å². The lowest BCUT2D eigenvalue weighted by Crippen LogP contribution is -2.21. The minimum atomic E-state index is -0.458. The average molecular weight is 391 g/mol. The van der Waals surface area contributed by atoms with Crippen LogP contribution < -0.4 is 10.6 Å². The fourth-order valence-corrected chi connectivity index (χ4v) is 2.30. The number of hydrogen-bond acceptors (Lipinski definition) is 4. The molecule has 0 spiro atoms. The van der Waals surface area contributed by atoms with Gasteiger partial charge in [0.15, 0.2) is 0 Å². The van der Waals surface area contributed by atoms with Crippen molar-refractivity contribution in [1.82, 2.24) is 0 Å². The van der Waals surface area contributed by atoms with Crippen molar-refractivity contribution in [3.05, 3.63) is 58.6 Å². The summed E-state index contributed by atoms with van der Waals surface area (Å²) in [5.74, 6) is -1.34. The topological polar surface area (TPSA) is 84.5 Å². The summed E-state index contributed by atoms with van der Waals surface area (Å²) in [7, 11) is 1.29. The highest BCUT2D eigenvalue weighted by molar-refractivity contribution is 9.10. The number of para-hydroxylation sites is 1. The molecule has 2 N–H and O–H groups in total. The highest BCUT2D eigenvalue weighted by Crippen LogP contribution is 2.21. The van der Waals surface area contributed by atoms with E-state index < -0.39 is 17.8 Å². The maximum Gasteiger partial charge on any atom is 0.337 e. The standard InChI is InChI=1S/C17H15BrN2O4/c1-24-17(23)11-6-8-12(9-7-11)19-15(21)10-16(22)20-14-5-3-2-4-13(14)18/h2-9H,10H2,1H3,(H,19,21)(H,20,22). The van der Waals surface area contributed by atoms with Crippen molar-refractivity contribution in [3.63, 3.8) is 0 Å². The zero-order valence-corrected chi connectivity index (χ0v) is 14.4. The highest BCUT2D eigenvalue weighted by Gasteiger charge is 2.12. The number of ether oxygens (including phenoxy) is 1. The molecule has 0 saturated carbocycles. The normalized spacial score (nSPS) is 9.92. The van der Waals surface area contributed by atoms with Gasteiger partial charge in [-0.3, -0.25) is 9.59 Å². The molecule has 0 heterocycles. The Balaban J connectivity index is 1.89. The fourth-order valence-electron chi connectivity index (χ4n) is 1.92. The predicted octanol–water partition coefficient (Wildman–Crippen LogP) is 3.20. The number of anilines is 2. The van der Waals surface area contributed by atoms with Gasteiger partial charge >= 0.3 is 5.97 Å². The van der Waals surface area contributed by atoms with Crippen molar-refractivity contribution < 1.29 is 19.1 Å². The summed E-state index contributed by atoms with van der Waals surface area (Å²) >= 11 is 3.32. The quantitative estimate of drug-likeness (QED) is 0.606. The van der Waals surface area contributed by atoms with E-state index in [1.807, 2.05) is 6.07 Å². The van der Waals surface area contributed by atoms with E-state index >= 15 is 0 Å². The van der Waals surface area contributed by atoms with Crippen molar-refractivity contribution >= 4 is 45.1 Å². The summed E-state index contributed by atoms with van der Waals surface area (Å²) < 4.78 is 5.33. The van der Waals surface area contributed by atoms with Crippen LogP contribution in [0.4, 0.5) is 11.4 Å². The maximum absolute atomic E-state index is 11.9. The number of amides is 2. The van der Waals surface area contributed by atoms with Crippen molar-refractivity contribution in [3.8, 4) is 0 Å². The van der Waals surface area contributed by atoms with Gasteiger partial charge in [0.2, 0.25) is 11.8 Å². The van der Waals surface area contributed by atoms with Gasteiger partial charge in [0, 0.05) is 10.2 Å². The van der Waals surface area contributed by atoms with Crippen LogP contribution in [0.5, 0.6) is 0 Å². The van der Waals surface area contributed by atoms with Crippen LogP contribution in [-0.2, 0) is 14.3 Å². The Morgan fingerprint density at radius 3 is 2.21 bits per heavy atom. The van der Waals surface area contributed by atoms with Crippen LogP contribution in [0.25, 0.3) is 0 Å². The molecule has 2 rings (SSSR count). The minimum Gasteiger partial charge on any atom is -0.465 e. The summed E-state index contributed by atoms with van der Waals surface area (Å²) in [6, 6.07) is 13.3. The first kappa shape index (κ1) is 17.7. The van der Waals surface area contributed by atoms with Gasteiger partial charge in [-0.25, -0.2) is 4.79 Å². The molecule has 2 aromatic carbocycles. The number of carbonyl (C=O) groups excluding carboxylic acids is 3. The van der Waals surface area contributed by atoms with Crippen LogP contribution in [0.1, 0.15) is 16.8 Å². The van der Waals surface area contributed by atoms with E-state index in [4.69, 9.17) is 0 Å². The molecule has 7 heteroatoms. The largest absolute Gasteiger partial charge is 0.465 e. The monoisotopic (exact) mass is 390 g/mol. The van der Waals surface area contributed by atoms with Gasteiger partial charge in [0.25, 0.3) is 0 Å². The van der Waals surface area contributed by atoms with Gasteiger partial charge in [-0.2, -0.15) is 0 Å². The number of methoxy groups -OCH3 is 1. The average Bonchev–Trinajstić information content (AvgIpc) is 2.56. The van der Waals surface area contributed by atoms with Gasteiger partial charge in [0.1, 0.15) is 6.42 Å². The second kappa shape index (κ2) is 8.26. The highest BCUT2D eigenvalue weighted by atomic mass is 79.9. The van der Waals surface area contributed by atoms with E-state index in [0.717, 1.165) is 4.47 Å². The lowest BCUT2D eigenvalue weighted by Gasteiger charge is -2.08. The third-order valence-corrected chi connectivity index (χ3v) is 3.75. The summed E-state index contributed by atoms with van der Waals surface area (Å²) in [4.78, 5) is 35.1. The van der Waals surface area contributed by atoms with Crippen LogP contribution in [0.2, 0.25) is 0 Å². The van der Waals surface area contributed by atoms with E-state index in [1.54, 1.807) is 30.3 Å². The predicted molar refractivity (Wildman–Crippen MR) is 93.8 cm³/mol. The molecule has 0 aliphatic heterocycles. The Kier molecular flexibility index (Phi) is 6.08. The third-order valence-electron chi connectivity index (χ3n) is 3.06. The number of nitrogens with one attached hydrogen (secondary N) is 2. The molecular formula is C17H15BrN2O4. The van der Waals surface area contributed by atoms with Crippen LogP contribution in [-0.4, -0.2) is 24.9 Å². The molecule has 0 aliphatic rings. The van der Waals surface area contributed by atoms with Crippen molar-refractivity contribution in [1.29, 1.82) is 0 Å². The third kappa shape index (κ3) is 4.92. The fraction of sp³-hybridized carbons (Fsp3) is 0.118. The first-order valence-corrected chi connectivity index (χ1v) is 7.81. The molecule has 24 heavy (non-hydrogen) atoms. The van der Waals surface area contributed by atoms with E-state index in [0.29, 0.717) is 16.9 Å². The molecule has 0 bridgehead atoms. The summed E-state index contributed by atoms with van der Waals surface area (Å²) in [6.45, 7) is 0. The number of halogens is 1. The second-order valence-corrected chi connectivity index (χ2v) is 5.68. The molecule has 2 amide bonds. The Morgan fingerprint density at radius 1 is 0.958 bits per heavy atom. The van der Waals surface area contributed by atoms with Crippen LogP contribution in [0, 0.1) is 0 Å². The number of carbonyl (C=O) groups is 3. The molecule has 0 unspecified atom stereocenters. The van der Waals surface area contributed by atoms with Gasteiger partial charge in [-0.05, 0) is 52.3 Å². The number of rotatable bonds is 5. The maximum atomic E-state index is 11.9. The Morgan fingerprint density at radius 2 is 1.58 bits per heavy atom. The number of hydrogen-bond donors (Lipinski definition) is 2. The lowest BCUT2D eigenvalue weighted by atomic mass is 10.2. The smallest absolute Gasteiger partial charge is 0.337 e. The Labute approximate surface area is 147 Å². The van der Waals surface area contributed by atoms with E-state index in [1.165, 1.54) is 19.2 Å². The van der Waals surface area contributed by atoms with Gasteiger partial charge < -0.3 is 15.4 Å². The first-order chi connectivity index (χ1) is 11.5. The van der Waals surface area contributed by atoms with Crippen molar-refractivity contribution in [2.45, 2.75) is 6.42 Å². The molecule has 0 aliphatic carbocycles. The molecule has 0 radical (unpaired) electrons. The SMILES string of the molecule is COC(=O)c1ccc(NC(=O)CC(=O)Nc2ccccc2Br)cc1. The van der Waals surface area contributed by atoms with E-state index in [2.05, 4.69) is 31.3 Å². The molecule has 6 nitrogen and oxygen atoms in total. The van der Waals surface area contributed by atoms with Crippen LogP contribution in [0.15, 0.2) is 53.0 Å². The molecule has 0 saturated heterocycles. The van der Waals surface area contributed by atoms with Crippen molar-refractivity contribution in [2.24, 2.45) is 0 Å². The number of benzene rings is 2. The van der Waals surface area contributed by atoms with Gasteiger partial charge in [-0.1, -0.05) is 12.1 Å². The first-order valence-electron chi connectivity index (χ1n) is 7.02. The van der Waals surface area contributed by atoms with Gasteiger partial charge in [0.05, 0.1) is 18.4 Å². The Hall–Kier alpha value is -2.67. The molecule has 124 valence electrons. The zero-order chi connectivity index (χ0) is 17.5. The van der Waals surface area contributed by atoms with Crippen LogP contribution >= 0.6 is 15.9 Å². The lowest BCUT2D eigenvalue weighted by molar-refractivity contribution is -0.123. The number of esters is 1. The molecule has 0 atom stereocenters. The second-order valence-electron chi connectivity index (χ2n) is 4.82.